The SMILES string of the molecule is COc1ccc(Cn2c(=N)c(C(=O)N3CCC(Cc4ccccc4)CC3)cc3c(=O)n4ccccc4nc32)cc1. The van der Waals surface area contributed by atoms with E-state index in [4.69, 9.17) is 15.1 Å². The molecule has 0 bridgehead atoms. The molecule has 0 radical (unpaired) electrons. The van der Waals surface area contributed by atoms with Crippen molar-refractivity contribution in [3.8, 4) is 5.75 Å². The van der Waals surface area contributed by atoms with Crippen LogP contribution in [0.1, 0.15) is 34.3 Å². The van der Waals surface area contributed by atoms with Crippen molar-refractivity contribution in [1.82, 2.24) is 18.9 Å². The summed E-state index contributed by atoms with van der Waals surface area (Å²) in [6.45, 7) is 1.54. The molecular weight excluding hydrogens is 502 g/mol. The molecule has 0 unspecified atom stereocenters. The van der Waals surface area contributed by atoms with Gasteiger partial charge < -0.3 is 14.2 Å². The Morgan fingerprint density at radius 1 is 0.975 bits per heavy atom. The molecule has 1 aliphatic heterocycles. The zero-order valence-corrected chi connectivity index (χ0v) is 22.4. The number of hydrogen-bond acceptors (Lipinski definition) is 5. The van der Waals surface area contributed by atoms with E-state index in [0.717, 1.165) is 30.6 Å². The molecule has 0 aliphatic carbocycles. The number of amides is 1. The van der Waals surface area contributed by atoms with Gasteiger partial charge in [0.15, 0.2) is 0 Å². The molecule has 6 rings (SSSR count). The molecule has 40 heavy (non-hydrogen) atoms. The molecule has 0 saturated carbocycles. The van der Waals surface area contributed by atoms with E-state index < -0.39 is 0 Å². The third-order valence-corrected chi connectivity index (χ3v) is 7.82. The van der Waals surface area contributed by atoms with Crippen molar-refractivity contribution in [2.24, 2.45) is 5.92 Å². The molecular formula is C32H31N5O3. The molecule has 202 valence electrons. The van der Waals surface area contributed by atoms with Crippen LogP contribution in [0.5, 0.6) is 5.75 Å². The minimum Gasteiger partial charge on any atom is -0.497 e. The van der Waals surface area contributed by atoms with Crippen LogP contribution in [0.2, 0.25) is 0 Å². The van der Waals surface area contributed by atoms with Gasteiger partial charge in [0.05, 0.1) is 24.6 Å². The van der Waals surface area contributed by atoms with Crippen LogP contribution in [0.25, 0.3) is 16.7 Å². The molecule has 1 amide bonds. The van der Waals surface area contributed by atoms with Gasteiger partial charge in [0.1, 0.15) is 22.5 Å². The Bertz CT molecular complexity index is 1800. The summed E-state index contributed by atoms with van der Waals surface area (Å²) < 4.78 is 8.43. The Kier molecular flexibility index (Phi) is 6.90. The second-order valence-corrected chi connectivity index (χ2v) is 10.3. The second-order valence-electron chi connectivity index (χ2n) is 10.3. The number of carbonyl (C=O) groups excluding carboxylic acids is 1. The van der Waals surface area contributed by atoms with Crippen LogP contribution in [-0.2, 0) is 13.0 Å². The molecule has 1 aliphatic rings. The molecule has 8 nitrogen and oxygen atoms in total. The summed E-state index contributed by atoms with van der Waals surface area (Å²) >= 11 is 0. The predicted octanol–water partition coefficient (Wildman–Crippen LogP) is 4.28. The van der Waals surface area contributed by atoms with Crippen LogP contribution < -0.4 is 15.8 Å². The third-order valence-electron chi connectivity index (χ3n) is 7.82. The van der Waals surface area contributed by atoms with Crippen LogP contribution in [-0.4, -0.2) is 45.0 Å². The maximum atomic E-state index is 13.8. The Hall–Kier alpha value is -4.72. The number of nitrogens with one attached hydrogen (secondary N) is 1. The highest BCUT2D eigenvalue weighted by atomic mass is 16.5. The Morgan fingerprint density at radius 3 is 2.42 bits per heavy atom. The zero-order valence-electron chi connectivity index (χ0n) is 22.4. The van der Waals surface area contributed by atoms with Crippen LogP contribution in [0, 0.1) is 11.3 Å². The quantitative estimate of drug-likeness (QED) is 0.330. The first-order chi connectivity index (χ1) is 19.5. The smallest absolute Gasteiger partial charge is 0.267 e. The fraction of sp³-hybridized carbons (Fsp3) is 0.250. The van der Waals surface area contributed by atoms with E-state index in [2.05, 4.69) is 24.3 Å². The number of likely N-dealkylation sites (tertiary alicyclic amines) is 1. The molecule has 1 saturated heterocycles. The Morgan fingerprint density at radius 2 is 1.70 bits per heavy atom. The number of benzene rings is 2. The van der Waals surface area contributed by atoms with Crippen LogP contribution in [0.4, 0.5) is 0 Å². The molecule has 1 N–H and O–H groups in total. The first-order valence-corrected chi connectivity index (χ1v) is 13.6. The van der Waals surface area contributed by atoms with Crippen molar-refractivity contribution in [2.45, 2.75) is 25.8 Å². The normalized spacial score (nSPS) is 14.1. The Labute approximate surface area is 231 Å². The summed E-state index contributed by atoms with van der Waals surface area (Å²) in [5, 5.41) is 9.43. The number of nitrogens with zero attached hydrogens (tertiary/aromatic N) is 4. The number of methoxy groups -OCH3 is 1. The van der Waals surface area contributed by atoms with Gasteiger partial charge in [-0.15, -0.1) is 0 Å². The van der Waals surface area contributed by atoms with Gasteiger partial charge in [-0.25, -0.2) is 4.98 Å². The lowest BCUT2D eigenvalue weighted by molar-refractivity contribution is 0.0687. The van der Waals surface area contributed by atoms with Crippen molar-refractivity contribution in [1.29, 1.82) is 5.41 Å². The van der Waals surface area contributed by atoms with Crippen LogP contribution in [0.15, 0.2) is 89.9 Å². The lowest BCUT2D eigenvalue weighted by Crippen LogP contribution is -2.42. The minimum absolute atomic E-state index is 0.0481. The molecule has 3 aromatic heterocycles. The molecule has 0 spiro atoms. The van der Waals surface area contributed by atoms with E-state index in [9.17, 15) is 9.59 Å². The van der Waals surface area contributed by atoms with E-state index in [0.29, 0.717) is 35.7 Å². The summed E-state index contributed by atoms with van der Waals surface area (Å²) in [6, 6.07) is 24.9. The Balaban J connectivity index is 1.37. The van der Waals surface area contributed by atoms with Gasteiger partial charge in [-0.1, -0.05) is 48.5 Å². The molecule has 2 aromatic carbocycles. The molecule has 8 heteroatoms. The maximum absolute atomic E-state index is 13.8. The number of fused-ring (bicyclic) bond motifs is 2. The van der Waals surface area contributed by atoms with E-state index in [1.807, 2.05) is 41.3 Å². The number of ether oxygens (including phenoxy) is 1. The minimum atomic E-state index is -0.264. The first-order valence-electron chi connectivity index (χ1n) is 13.6. The average molecular weight is 534 g/mol. The zero-order chi connectivity index (χ0) is 27.6. The number of hydrogen-bond donors (Lipinski definition) is 1. The predicted molar refractivity (Wildman–Crippen MR) is 154 cm³/mol. The van der Waals surface area contributed by atoms with Crippen molar-refractivity contribution in [2.75, 3.05) is 20.2 Å². The largest absolute Gasteiger partial charge is 0.497 e. The van der Waals surface area contributed by atoms with Gasteiger partial charge in [0.25, 0.3) is 11.5 Å². The highest BCUT2D eigenvalue weighted by Crippen LogP contribution is 2.23. The fourth-order valence-corrected chi connectivity index (χ4v) is 5.58. The van der Waals surface area contributed by atoms with Crippen molar-refractivity contribution in [3.63, 3.8) is 0 Å². The lowest BCUT2D eigenvalue weighted by Gasteiger charge is -2.32. The monoisotopic (exact) mass is 533 g/mol. The summed E-state index contributed by atoms with van der Waals surface area (Å²) in [6.07, 6.45) is 4.48. The fourth-order valence-electron chi connectivity index (χ4n) is 5.58. The molecule has 4 heterocycles. The first kappa shape index (κ1) is 25.6. The van der Waals surface area contributed by atoms with Crippen LogP contribution in [0.3, 0.4) is 0 Å². The van der Waals surface area contributed by atoms with Crippen molar-refractivity contribution >= 4 is 22.6 Å². The number of pyridine rings is 2. The topological polar surface area (TPSA) is 92.7 Å². The molecule has 0 atom stereocenters. The second kappa shape index (κ2) is 10.8. The van der Waals surface area contributed by atoms with Gasteiger partial charge in [-0.2, -0.15) is 0 Å². The van der Waals surface area contributed by atoms with Crippen LogP contribution >= 0.6 is 0 Å². The highest BCUT2D eigenvalue weighted by Gasteiger charge is 2.26. The highest BCUT2D eigenvalue weighted by molar-refractivity contribution is 5.97. The lowest BCUT2D eigenvalue weighted by atomic mass is 9.90. The van der Waals surface area contributed by atoms with Gasteiger partial charge in [-0.05, 0) is 66.6 Å². The van der Waals surface area contributed by atoms with Gasteiger partial charge in [0, 0.05) is 19.3 Å². The summed E-state index contributed by atoms with van der Waals surface area (Å²) in [5.74, 6) is 1.02. The van der Waals surface area contributed by atoms with E-state index in [-0.39, 0.29) is 29.1 Å². The van der Waals surface area contributed by atoms with Gasteiger partial charge in [0.2, 0.25) is 0 Å². The van der Waals surface area contributed by atoms with E-state index >= 15 is 0 Å². The summed E-state index contributed by atoms with van der Waals surface area (Å²) in [4.78, 5) is 34.0. The molecule has 1 fully saturated rings. The number of piperidine rings is 1. The van der Waals surface area contributed by atoms with Crippen molar-refractivity contribution in [3.05, 3.63) is 118 Å². The number of rotatable bonds is 6. The summed E-state index contributed by atoms with van der Waals surface area (Å²) in [7, 11) is 1.61. The van der Waals surface area contributed by atoms with Gasteiger partial charge in [-0.3, -0.25) is 19.4 Å². The van der Waals surface area contributed by atoms with E-state index in [1.54, 1.807) is 36.1 Å². The summed E-state index contributed by atoms with van der Waals surface area (Å²) in [5.41, 5.74) is 3.10. The van der Waals surface area contributed by atoms with Crippen molar-refractivity contribution < 1.29 is 9.53 Å². The van der Waals surface area contributed by atoms with E-state index in [1.165, 1.54) is 9.96 Å². The maximum Gasteiger partial charge on any atom is 0.267 e. The standard InChI is InChI=1S/C32H31N5O3/c1-40-25-12-10-24(11-13-25)21-37-29(33)26(20-27-30(37)34-28-9-5-6-16-36(28)32(27)39)31(38)35-17-14-23(15-18-35)19-22-7-3-2-4-8-22/h2-13,16,20,23,33H,14-15,17-19,21H2,1H3. The average Bonchev–Trinajstić information content (AvgIpc) is 3.00. The number of carbonyl (C=O) groups is 1. The molecule has 5 aromatic rings. The number of aromatic nitrogens is 3. The van der Waals surface area contributed by atoms with Gasteiger partial charge >= 0.3 is 0 Å². The third kappa shape index (κ3) is 4.88.